The first-order valence-electron chi connectivity index (χ1n) is 7.52. The fourth-order valence-electron chi connectivity index (χ4n) is 2.14. The second-order valence-electron chi connectivity index (χ2n) is 6.37. The first kappa shape index (κ1) is 16.2. The first-order chi connectivity index (χ1) is 10.9. The zero-order valence-electron chi connectivity index (χ0n) is 13.4. The molecule has 0 unspecified atom stereocenters. The van der Waals surface area contributed by atoms with Gasteiger partial charge in [0.2, 0.25) is 10.1 Å². The molecule has 3 aromatic rings. The Morgan fingerprint density at radius 3 is 2.57 bits per heavy atom. The predicted molar refractivity (Wildman–Crippen MR) is 97.6 cm³/mol. The maximum Gasteiger partial charge on any atom is 0.214 e. The maximum atomic E-state index is 5.92. The molecule has 0 spiro atoms. The molecule has 0 saturated heterocycles. The number of imidazole rings is 1. The van der Waals surface area contributed by atoms with E-state index in [2.05, 4.69) is 41.5 Å². The Hall–Kier alpha value is -1.63. The molecule has 23 heavy (non-hydrogen) atoms. The second-order valence-corrected chi connectivity index (χ2v) is 7.76. The normalized spacial score (nSPS) is 12.0. The highest BCUT2D eigenvalue weighted by atomic mass is 35.5. The average molecular weight is 350 g/mol. The number of nitrogens with zero attached hydrogens (tertiary/aromatic N) is 3. The standard InChI is InChI=1S/C16H20ClN5S/c1-16(2,3)19-9-8-18-14-21-22-10-13(20-15(22)23-14)11-4-6-12(17)7-5-11/h4-7,10,19H,8-9H2,1-3H3,(H,18,21). The van der Waals surface area contributed by atoms with Crippen LogP contribution in [0.3, 0.4) is 0 Å². The Bertz CT molecular complexity index is 754. The molecule has 2 aromatic heterocycles. The summed E-state index contributed by atoms with van der Waals surface area (Å²) < 4.78 is 1.81. The molecule has 2 heterocycles. The van der Waals surface area contributed by atoms with E-state index in [0.717, 1.165) is 39.5 Å². The smallest absolute Gasteiger partial charge is 0.214 e. The minimum Gasteiger partial charge on any atom is -0.359 e. The van der Waals surface area contributed by atoms with Gasteiger partial charge < -0.3 is 10.6 Å². The van der Waals surface area contributed by atoms with Crippen LogP contribution in [0.25, 0.3) is 16.2 Å². The number of benzene rings is 1. The van der Waals surface area contributed by atoms with Crippen molar-refractivity contribution in [2.24, 2.45) is 0 Å². The van der Waals surface area contributed by atoms with Gasteiger partial charge in [-0.1, -0.05) is 35.1 Å². The number of nitrogens with one attached hydrogen (secondary N) is 2. The first-order valence-corrected chi connectivity index (χ1v) is 8.71. The second kappa shape index (κ2) is 6.47. The lowest BCUT2D eigenvalue weighted by Gasteiger charge is -2.20. The molecule has 0 amide bonds. The Labute approximate surface area is 144 Å². The van der Waals surface area contributed by atoms with Crippen LogP contribution in [-0.4, -0.2) is 33.2 Å². The number of hydrogen-bond acceptors (Lipinski definition) is 5. The van der Waals surface area contributed by atoms with Crippen LogP contribution in [-0.2, 0) is 0 Å². The molecule has 0 aliphatic rings. The summed E-state index contributed by atoms with van der Waals surface area (Å²) in [6.07, 6.45) is 1.94. The van der Waals surface area contributed by atoms with Crippen molar-refractivity contribution in [3.63, 3.8) is 0 Å². The number of fused-ring (bicyclic) bond motifs is 1. The van der Waals surface area contributed by atoms with E-state index in [9.17, 15) is 0 Å². The highest BCUT2D eigenvalue weighted by Crippen LogP contribution is 2.25. The highest BCUT2D eigenvalue weighted by molar-refractivity contribution is 7.20. The Morgan fingerprint density at radius 1 is 1.17 bits per heavy atom. The summed E-state index contributed by atoms with van der Waals surface area (Å²) in [5.74, 6) is 0. The van der Waals surface area contributed by atoms with Gasteiger partial charge in [-0.05, 0) is 32.9 Å². The number of hydrogen-bond donors (Lipinski definition) is 2. The van der Waals surface area contributed by atoms with Gasteiger partial charge in [-0.15, -0.1) is 5.10 Å². The summed E-state index contributed by atoms with van der Waals surface area (Å²) in [5.41, 5.74) is 2.07. The van der Waals surface area contributed by atoms with Crippen molar-refractivity contribution in [2.75, 3.05) is 18.4 Å². The van der Waals surface area contributed by atoms with Crippen molar-refractivity contribution < 1.29 is 0 Å². The van der Waals surface area contributed by atoms with Crippen LogP contribution in [0.4, 0.5) is 5.13 Å². The van der Waals surface area contributed by atoms with Crippen molar-refractivity contribution in [3.8, 4) is 11.3 Å². The number of aromatic nitrogens is 3. The molecule has 0 aliphatic heterocycles. The molecule has 0 fully saturated rings. The van der Waals surface area contributed by atoms with Crippen LogP contribution < -0.4 is 10.6 Å². The van der Waals surface area contributed by atoms with Crippen LogP contribution in [0.2, 0.25) is 5.02 Å². The van der Waals surface area contributed by atoms with Gasteiger partial charge in [0.15, 0.2) is 0 Å². The third-order valence-corrected chi connectivity index (χ3v) is 4.37. The summed E-state index contributed by atoms with van der Waals surface area (Å²) in [6.45, 7) is 8.19. The largest absolute Gasteiger partial charge is 0.359 e. The van der Waals surface area contributed by atoms with Crippen LogP contribution in [0.5, 0.6) is 0 Å². The lowest BCUT2D eigenvalue weighted by molar-refractivity contribution is 0.435. The molecule has 0 atom stereocenters. The minimum atomic E-state index is 0.132. The lowest BCUT2D eigenvalue weighted by atomic mass is 10.1. The van der Waals surface area contributed by atoms with Gasteiger partial charge >= 0.3 is 0 Å². The molecule has 0 saturated carbocycles. The molecule has 5 nitrogen and oxygen atoms in total. The van der Waals surface area contributed by atoms with E-state index in [1.54, 1.807) is 11.3 Å². The van der Waals surface area contributed by atoms with Gasteiger partial charge in [0.05, 0.1) is 11.9 Å². The van der Waals surface area contributed by atoms with E-state index >= 15 is 0 Å². The SMILES string of the molecule is CC(C)(C)NCCNc1nn2cc(-c3ccc(Cl)cc3)nc2s1. The van der Waals surface area contributed by atoms with Crippen molar-refractivity contribution in [3.05, 3.63) is 35.5 Å². The summed E-state index contributed by atoms with van der Waals surface area (Å²) in [6, 6.07) is 7.66. The predicted octanol–water partition coefficient (Wildman–Crippen LogP) is 3.91. The van der Waals surface area contributed by atoms with Crippen molar-refractivity contribution in [1.29, 1.82) is 0 Å². The van der Waals surface area contributed by atoms with E-state index in [-0.39, 0.29) is 5.54 Å². The van der Waals surface area contributed by atoms with Crippen LogP contribution in [0.1, 0.15) is 20.8 Å². The van der Waals surface area contributed by atoms with Crippen molar-refractivity contribution >= 4 is 33.0 Å². The molecule has 0 radical (unpaired) electrons. The fraction of sp³-hybridized carbons (Fsp3) is 0.375. The van der Waals surface area contributed by atoms with E-state index in [0.29, 0.717) is 0 Å². The van der Waals surface area contributed by atoms with Gasteiger partial charge in [0.25, 0.3) is 0 Å². The minimum absolute atomic E-state index is 0.132. The van der Waals surface area contributed by atoms with Crippen LogP contribution >= 0.6 is 22.9 Å². The highest BCUT2D eigenvalue weighted by Gasteiger charge is 2.10. The zero-order valence-corrected chi connectivity index (χ0v) is 15.0. The quantitative estimate of drug-likeness (QED) is 0.686. The van der Waals surface area contributed by atoms with Crippen molar-refractivity contribution in [1.82, 2.24) is 19.9 Å². The monoisotopic (exact) mass is 349 g/mol. The maximum absolute atomic E-state index is 5.92. The van der Waals surface area contributed by atoms with Gasteiger partial charge in [0, 0.05) is 29.2 Å². The third-order valence-electron chi connectivity index (χ3n) is 3.24. The van der Waals surface area contributed by atoms with Gasteiger partial charge in [-0.3, -0.25) is 0 Å². The molecular weight excluding hydrogens is 330 g/mol. The van der Waals surface area contributed by atoms with E-state index in [1.165, 1.54) is 0 Å². The van der Waals surface area contributed by atoms with E-state index < -0.39 is 0 Å². The molecule has 0 bridgehead atoms. The number of anilines is 1. The molecule has 0 aliphatic carbocycles. The molecule has 2 N–H and O–H groups in total. The zero-order chi connectivity index (χ0) is 16.4. The Morgan fingerprint density at radius 2 is 1.91 bits per heavy atom. The molecule has 3 rings (SSSR count). The molecule has 1 aromatic carbocycles. The summed E-state index contributed by atoms with van der Waals surface area (Å²) in [7, 11) is 0. The average Bonchev–Trinajstić information content (AvgIpc) is 3.01. The lowest BCUT2D eigenvalue weighted by Crippen LogP contribution is -2.38. The van der Waals surface area contributed by atoms with Gasteiger partial charge in [-0.25, -0.2) is 9.50 Å². The summed E-state index contributed by atoms with van der Waals surface area (Å²) in [5, 5.41) is 12.9. The van der Waals surface area contributed by atoms with E-state index in [1.807, 2.05) is 35.0 Å². The van der Waals surface area contributed by atoms with E-state index in [4.69, 9.17) is 11.6 Å². The molecular formula is C16H20ClN5S. The van der Waals surface area contributed by atoms with Crippen LogP contribution in [0.15, 0.2) is 30.5 Å². The Balaban J connectivity index is 1.65. The summed E-state index contributed by atoms with van der Waals surface area (Å²) in [4.78, 5) is 5.50. The molecule has 122 valence electrons. The fourth-order valence-corrected chi connectivity index (χ4v) is 3.07. The van der Waals surface area contributed by atoms with Gasteiger partial charge in [-0.2, -0.15) is 0 Å². The number of rotatable bonds is 5. The third kappa shape index (κ3) is 4.22. The topological polar surface area (TPSA) is 54.2 Å². The summed E-state index contributed by atoms with van der Waals surface area (Å²) >= 11 is 7.47. The van der Waals surface area contributed by atoms with Crippen molar-refractivity contribution in [2.45, 2.75) is 26.3 Å². The Kier molecular flexibility index (Phi) is 4.57. The molecule has 7 heteroatoms. The number of halogens is 1. The van der Waals surface area contributed by atoms with Crippen LogP contribution in [0, 0.1) is 0 Å². The van der Waals surface area contributed by atoms with Gasteiger partial charge in [0.1, 0.15) is 0 Å².